The molecule has 0 radical (unpaired) electrons. The first-order valence-electron chi connectivity index (χ1n) is 6.53. The van der Waals surface area contributed by atoms with Crippen molar-refractivity contribution in [2.45, 2.75) is 58.1 Å². The lowest BCUT2D eigenvalue weighted by atomic mass is 9.92. The SMILES string of the molecule is C[C@@H](N)CCc1ccc2c(c1)CCC(C)(C)O2. The lowest BCUT2D eigenvalue weighted by molar-refractivity contribution is 0.0846. The first kappa shape index (κ1) is 12.4. The topological polar surface area (TPSA) is 35.2 Å². The third kappa shape index (κ3) is 3.22. The van der Waals surface area contributed by atoms with Gasteiger partial charge in [-0.2, -0.15) is 0 Å². The van der Waals surface area contributed by atoms with Gasteiger partial charge in [0.05, 0.1) is 0 Å². The van der Waals surface area contributed by atoms with Crippen molar-refractivity contribution in [3.05, 3.63) is 29.3 Å². The summed E-state index contributed by atoms with van der Waals surface area (Å²) in [6.07, 6.45) is 4.32. The number of benzene rings is 1. The van der Waals surface area contributed by atoms with Crippen molar-refractivity contribution in [1.82, 2.24) is 0 Å². The Hall–Kier alpha value is -1.02. The molecule has 0 fully saturated rings. The molecule has 0 spiro atoms. The van der Waals surface area contributed by atoms with Gasteiger partial charge < -0.3 is 10.5 Å². The Kier molecular flexibility index (Phi) is 3.43. The summed E-state index contributed by atoms with van der Waals surface area (Å²) in [5.74, 6) is 1.06. The number of fused-ring (bicyclic) bond motifs is 1. The maximum absolute atomic E-state index is 5.98. The predicted octanol–water partition coefficient (Wildman–Crippen LogP) is 3.07. The molecule has 0 aliphatic carbocycles. The smallest absolute Gasteiger partial charge is 0.123 e. The van der Waals surface area contributed by atoms with Gasteiger partial charge in [-0.3, -0.25) is 0 Å². The minimum Gasteiger partial charge on any atom is -0.488 e. The number of hydrogen-bond donors (Lipinski definition) is 1. The average molecular weight is 233 g/mol. The quantitative estimate of drug-likeness (QED) is 0.870. The zero-order chi connectivity index (χ0) is 12.5. The highest BCUT2D eigenvalue weighted by Crippen LogP contribution is 2.33. The fourth-order valence-corrected chi connectivity index (χ4v) is 2.26. The molecule has 2 N–H and O–H groups in total. The summed E-state index contributed by atoms with van der Waals surface area (Å²) in [6.45, 7) is 6.37. The van der Waals surface area contributed by atoms with Gasteiger partial charge >= 0.3 is 0 Å². The van der Waals surface area contributed by atoms with Crippen LogP contribution in [-0.2, 0) is 12.8 Å². The second-order valence-electron chi connectivity index (χ2n) is 5.82. The molecule has 1 aliphatic rings. The first-order valence-corrected chi connectivity index (χ1v) is 6.53. The maximum Gasteiger partial charge on any atom is 0.123 e. The van der Waals surface area contributed by atoms with Crippen molar-refractivity contribution in [3.63, 3.8) is 0 Å². The van der Waals surface area contributed by atoms with Crippen LogP contribution in [0.25, 0.3) is 0 Å². The Balaban J connectivity index is 2.10. The highest BCUT2D eigenvalue weighted by Gasteiger charge is 2.26. The van der Waals surface area contributed by atoms with E-state index in [1.54, 1.807) is 0 Å². The predicted molar refractivity (Wildman–Crippen MR) is 71.4 cm³/mol. The second-order valence-corrected chi connectivity index (χ2v) is 5.82. The van der Waals surface area contributed by atoms with E-state index in [1.807, 2.05) is 0 Å². The Labute approximate surface area is 104 Å². The highest BCUT2D eigenvalue weighted by atomic mass is 16.5. The van der Waals surface area contributed by atoms with E-state index in [1.165, 1.54) is 11.1 Å². The Morgan fingerprint density at radius 3 is 2.88 bits per heavy atom. The average Bonchev–Trinajstić information content (AvgIpc) is 2.25. The summed E-state index contributed by atoms with van der Waals surface area (Å²) in [5, 5.41) is 0. The molecular weight excluding hydrogens is 210 g/mol. The van der Waals surface area contributed by atoms with Crippen LogP contribution in [-0.4, -0.2) is 11.6 Å². The molecule has 1 aromatic rings. The Morgan fingerprint density at radius 2 is 2.18 bits per heavy atom. The van der Waals surface area contributed by atoms with Crippen molar-refractivity contribution < 1.29 is 4.74 Å². The van der Waals surface area contributed by atoms with Crippen LogP contribution in [0.5, 0.6) is 5.75 Å². The zero-order valence-electron chi connectivity index (χ0n) is 11.1. The van der Waals surface area contributed by atoms with Crippen molar-refractivity contribution in [1.29, 1.82) is 0 Å². The molecule has 94 valence electrons. The van der Waals surface area contributed by atoms with Gasteiger partial charge in [0.2, 0.25) is 0 Å². The fraction of sp³-hybridized carbons (Fsp3) is 0.600. The van der Waals surface area contributed by atoms with Gasteiger partial charge in [-0.15, -0.1) is 0 Å². The molecule has 0 saturated heterocycles. The monoisotopic (exact) mass is 233 g/mol. The molecule has 0 aromatic heterocycles. The number of rotatable bonds is 3. The van der Waals surface area contributed by atoms with Crippen LogP contribution in [0.15, 0.2) is 18.2 Å². The molecule has 0 amide bonds. The molecular formula is C15H23NO. The number of nitrogens with two attached hydrogens (primary N) is 1. The minimum atomic E-state index is -0.0136. The molecule has 2 heteroatoms. The van der Waals surface area contributed by atoms with Gasteiger partial charge in [0.1, 0.15) is 11.4 Å². The highest BCUT2D eigenvalue weighted by molar-refractivity contribution is 5.39. The summed E-state index contributed by atoms with van der Waals surface area (Å²) in [6, 6.07) is 6.85. The van der Waals surface area contributed by atoms with Gasteiger partial charge in [-0.1, -0.05) is 12.1 Å². The van der Waals surface area contributed by atoms with Gasteiger partial charge in [-0.25, -0.2) is 0 Å². The van der Waals surface area contributed by atoms with E-state index >= 15 is 0 Å². The van der Waals surface area contributed by atoms with Crippen LogP contribution in [0.3, 0.4) is 0 Å². The van der Waals surface area contributed by atoms with Crippen molar-refractivity contribution in [3.8, 4) is 5.75 Å². The van der Waals surface area contributed by atoms with Gasteiger partial charge in [0, 0.05) is 6.04 Å². The van der Waals surface area contributed by atoms with Crippen LogP contribution in [0.1, 0.15) is 44.7 Å². The lowest BCUT2D eigenvalue weighted by Gasteiger charge is -2.32. The third-order valence-electron chi connectivity index (χ3n) is 3.40. The second kappa shape index (κ2) is 4.69. The summed E-state index contributed by atoms with van der Waals surface area (Å²) in [5.41, 5.74) is 8.51. The fourth-order valence-electron chi connectivity index (χ4n) is 2.26. The van der Waals surface area contributed by atoms with Crippen molar-refractivity contribution in [2.24, 2.45) is 5.73 Å². The molecule has 1 aromatic carbocycles. The molecule has 17 heavy (non-hydrogen) atoms. The van der Waals surface area contributed by atoms with E-state index in [9.17, 15) is 0 Å². The van der Waals surface area contributed by atoms with Crippen molar-refractivity contribution >= 4 is 0 Å². The molecule has 0 saturated carbocycles. The normalized spacial score (nSPS) is 19.3. The van der Waals surface area contributed by atoms with E-state index < -0.39 is 0 Å². The van der Waals surface area contributed by atoms with E-state index in [0.717, 1.165) is 31.4 Å². The standard InChI is InChI=1S/C15H23NO/c1-11(16)4-5-12-6-7-14-13(10-12)8-9-15(2,3)17-14/h6-7,10-11H,4-5,8-9,16H2,1-3H3/t11-/m1/s1. The van der Waals surface area contributed by atoms with E-state index in [2.05, 4.69) is 39.0 Å². The lowest BCUT2D eigenvalue weighted by Crippen LogP contribution is -2.32. The molecule has 0 unspecified atom stereocenters. The van der Waals surface area contributed by atoms with Crippen LogP contribution in [0.2, 0.25) is 0 Å². The number of aryl methyl sites for hydroxylation is 2. The number of ether oxygens (including phenoxy) is 1. The summed E-state index contributed by atoms with van der Waals surface area (Å²) < 4.78 is 5.98. The number of hydrogen-bond acceptors (Lipinski definition) is 2. The van der Waals surface area contributed by atoms with E-state index in [4.69, 9.17) is 10.5 Å². The molecule has 2 rings (SSSR count). The molecule has 0 bridgehead atoms. The molecule has 1 heterocycles. The third-order valence-corrected chi connectivity index (χ3v) is 3.40. The summed E-state index contributed by atoms with van der Waals surface area (Å²) in [4.78, 5) is 0. The van der Waals surface area contributed by atoms with Crippen molar-refractivity contribution in [2.75, 3.05) is 0 Å². The van der Waals surface area contributed by atoms with Gasteiger partial charge in [0.25, 0.3) is 0 Å². The molecule has 1 atom stereocenters. The van der Waals surface area contributed by atoms with Gasteiger partial charge in [-0.05, 0) is 63.6 Å². The van der Waals surface area contributed by atoms with Crippen LogP contribution < -0.4 is 10.5 Å². The summed E-state index contributed by atoms with van der Waals surface area (Å²) in [7, 11) is 0. The Morgan fingerprint density at radius 1 is 1.41 bits per heavy atom. The van der Waals surface area contributed by atoms with Crippen LogP contribution >= 0.6 is 0 Å². The zero-order valence-corrected chi connectivity index (χ0v) is 11.1. The molecule has 2 nitrogen and oxygen atoms in total. The minimum absolute atomic E-state index is 0.0136. The maximum atomic E-state index is 5.98. The first-order chi connectivity index (χ1) is 7.96. The van der Waals surface area contributed by atoms with Crippen LogP contribution in [0, 0.1) is 0 Å². The summed E-state index contributed by atoms with van der Waals surface area (Å²) >= 11 is 0. The van der Waals surface area contributed by atoms with E-state index in [0.29, 0.717) is 0 Å². The van der Waals surface area contributed by atoms with E-state index in [-0.39, 0.29) is 11.6 Å². The largest absolute Gasteiger partial charge is 0.488 e. The Bertz CT molecular complexity index is 396. The van der Waals surface area contributed by atoms with Crippen LogP contribution in [0.4, 0.5) is 0 Å². The van der Waals surface area contributed by atoms with Gasteiger partial charge in [0.15, 0.2) is 0 Å². The molecule has 1 aliphatic heterocycles.